The zero-order valence-corrected chi connectivity index (χ0v) is 15.4. The lowest BCUT2D eigenvalue weighted by Gasteiger charge is -2.36. The summed E-state index contributed by atoms with van der Waals surface area (Å²) in [6.07, 6.45) is 1.48. The molecule has 1 N–H and O–H groups in total. The number of nitrogens with zero attached hydrogens (tertiary/aromatic N) is 4. The molecule has 0 spiro atoms. The Labute approximate surface area is 165 Å². The number of H-pyrrole nitrogens is 1. The Kier molecular flexibility index (Phi) is 4.94. The predicted molar refractivity (Wildman–Crippen MR) is 105 cm³/mol. The van der Waals surface area contributed by atoms with Gasteiger partial charge in [-0.25, -0.2) is 4.39 Å². The molecular formula is C20H18FN5O3. The van der Waals surface area contributed by atoms with Crippen LogP contribution in [0.1, 0.15) is 10.4 Å². The number of nitro benzene ring substituents is 1. The van der Waals surface area contributed by atoms with Crippen LogP contribution in [0, 0.1) is 15.9 Å². The fourth-order valence-corrected chi connectivity index (χ4v) is 3.41. The number of nitro groups is 1. The van der Waals surface area contributed by atoms with E-state index in [1.54, 1.807) is 29.2 Å². The lowest BCUT2D eigenvalue weighted by Crippen LogP contribution is -2.48. The SMILES string of the molecule is O=C(c1cn[nH]c1-c1ccc([N+](=O)[O-])cc1)N1CCN(c2ccc(F)cc2)CC1. The van der Waals surface area contributed by atoms with Crippen molar-refractivity contribution in [3.63, 3.8) is 0 Å². The fourth-order valence-electron chi connectivity index (χ4n) is 3.41. The van der Waals surface area contributed by atoms with E-state index < -0.39 is 4.92 Å². The highest BCUT2D eigenvalue weighted by Crippen LogP contribution is 2.25. The highest BCUT2D eigenvalue weighted by Gasteiger charge is 2.25. The summed E-state index contributed by atoms with van der Waals surface area (Å²) in [6, 6.07) is 12.3. The third-order valence-corrected chi connectivity index (χ3v) is 5.00. The smallest absolute Gasteiger partial charge is 0.269 e. The van der Waals surface area contributed by atoms with E-state index in [9.17, 15) is 19.3 Å². The molecule has 1 saturated heterocycles. The summed E-state index contributed by atoms with van der Waals surface area (Å²) in [5, 5.41) is 17.6. The normalized spacial score (nSPS) is 14.1. The molecular weight excluding hydrogens is 377 g/mol. The van der Waals surface area contributed by atoms with Crippen molar-refractivity contribution < 1.29 is 14.1 Å². The molecule has 1 aliphatic heterocycles. The average molecular weight is 395 g/mol. The van der Waals surface area contributed by atoms with Crippen LogP contribution < -0.4 is 4.90 Å². The van der Waals surface area contributed by atoms with Gasteiger partial charge in [-0.3, -0.25) is 20.0 Å². The van der Waals surface area contributed by atoms with Gasteiger partial charge in [0.25, 0.3) is 11.6 Å². The number of halogens is 1. The molecule has 1 amide bonds. The van der Waals surface area contributed by atoms with Crippen LogP contribution >= 0.6 is 0 Å². The van der Waals surface area contributed by atoms with Crippen molar-refractivity contribution in [2.45, 2.75) is 0 Å². The number of non-ortho nitro benzene ring substituents is 1. The Morgan fingerprint density at radius 1 is 1.03 bits per heavy atom. The number of carbonyl (C=O) groups is 1. The second kappa shape index (κ2) is 7.70. The summed E-state index contributed by atoms with van der Waals surface area (Å²) in [4.78, 5) is 27.2. The zero-order chi connectivity index (χ0) is 20.4. The van der Waals surface area contributed by atoms with Crippen LogP contribution in [0.4, 0.5) is 15.8 Å². The number of hydrogen-bond donors (Lipinski definition) is 1. The first-order valence-corrected chi connectivity index (χ1v) is 9.11. The molecule has 1 aliphatic rings. The third kappa shape index (κ3) is 3.79. The van der Waals surface area contributed by atoms with Gasteiger partial charge in [-0.1, -0.05) is 0 Å². The molecule has 0 saturated carbocycles. The molecule has 1 fully saturated rings. The molecule has 0 aliphatic carbocycles. The average Bonchev–Trinajstić information content (AvgIpc) is 3.24. The highest BCUT2D eigenvalue weighted by molar-refractivity contribution is 5.99. The predicted octanol–water partition coefficient (Wildman–Crippen LogP) is 3.09. The molecule has 9 heteroatoms. The molecule has 8 nitrogen and oxygen atoms in total. The van der Waals surface area contributed by atoms with Gasteiger partial charge in [0.15, 0.2) is 0 Å². The molecule has 0 atom stereocenters. The molecule has 3 aromatic rings. The van der Waals surface area contributed by atoms with Gasteiger partial charge in [0.2, 0.25) is 0 Å². The van der Waals surface area contributed by atoms with Crippen molar-refractivity contribution in [3.05, 3.63) is 76.2 Å². The zero-order valence-electron chi connectivity index (χ0n) is 15.4. The minimum Gasteiger partial charge on any atom is -0.368 e. The number of aromatic amines is 1. The maximum absolute atomic E-state index is 13.1. The molecule has 0 bridgehead atoms. The highest BCUT2D eigenvalue weighted by atomic mass is 19.1. The van der Waals surface area contributed by atoms with E-state index in [-0.39, 0.29) is 17.4 Å². The summed E-state index contributed by atoms with van der Waals surface area (Å²) in [5.74, 6) is -0.424. The van der Waals surface area contributed by atoms with Crippen molar-refractivity contribution in [2.75, 3.05) is 31.1 Å². The first-order valence-electron chi connectivity index (χ1n) is 9.11. The number of rotatable bonds is 4. The van der Waals surface area contributed by atoms with Crippen molar-refractivity contribution >= 4 is 17.3 Å². The summed E-state index contributed by atoms with van der Waals surface area (Å²) in [7, 11) is 0. The third-order valence-electron chi connectivity index (χ3n) is 5.00. The van der Waals surface area contributed by atoms with E-state index >= 15 is 0 Å². The lowest BCUT2D eigenvalue weighted by atomic mass is 10.1. The number of benzene rings is 2. The molecule has 4 rings (SSSR count). The van der Waals surface area contributed by atoms with Crippen LogP contribution in [0.25, 0.3) is 11.3 Å². The molecule has 1 aromatic heterocycles. The van der Waals surface area contributed by atoms with Crippen LogP contribution in [0.3, 0.4) is 0 Å². The molecule has 0 radical (unpaired) electrons. The maximum Gasteiger partial charge on any atom is 0.269 e. The summed E-state index contributed by atoms with van der Waals surface area (Å²) in [6.45, 7) is 2.34. The van der Waals surface area contributed by atoms with Crippen molar-refractivity contribution in [1.82, 2.24) is 15.1 Å². The molecule has 2 aromatic carbocycles. The molecule has 148 valence electrons. The number of nitrogens with one attached hydrogen (secondary N) is 1. The summed E-state index contributed by atoms with van der Waals surface area (Å²) >= 11 is 0. The standard InChI is InChI=1S/C20H18FN5O3/c21-15-3-7-16(8-4-15)24-9-11-25(12-10-24)20(27)18-13-22-23-19(18)14-1-5-17(6-2-14)26(28)29/h1-8,13H,9-12H2,(H,22,23). The van der Waals surface area contributed by atoms with Crippen LogP contribution in [-0.2, 0) is 0 Å². The largest absolute Gasteiger partial charge is 0.368 e. The quantitative estimate of drug-likeness (QED) is 0.541. The minimum absolute atomic E-state index is 0.0157. The topological polar surface area (TPSA) is 95.4 Å². The minimum atomic E-state index is -0.469. The lowest BCUT2D eigenvalue weighted by molar-refractivity contribution is -0.384. The van der Waals surface area contributed by atoms with Gasteiger partial charge >= 0.3 is 0 Å². The number of hydrogen-bond acceptors (Lipinski definition) is 5. The Hall–Kier alpha value is -3.75. The number of piperazine rings is 1. The molecule has 2 heterocycles. The number of anilines is 1. The Bertz CT molecular complexity index is 1030. The van der Waals surface area contributed by atoms with Gasteiger partial charge in [0.05, 0.1) is 22.4 Å². The van der Waals surface area contributed by atoms with E-state index in [1.165, 1.54) is 30.5 Å². The van der Waals surface area contributed by atoms with Gasteiger partial charge in [-0.15, -0.1) is 0 Å². The maximum atomic E-state index is 13.1. The summed E-state index contributed by atoms with van der Waals surface area (Å²) in [5.41, 5.74) is 2.52. The van der Waals surface area contributed by atoms with E-state index in [2.05, 4.69) is 15.1 Å². The van der Waals surface area contributed by atoms with E-state index in [0.717, 1.165) is 5.69 Å². The van der Waals surface area contributed by atoms with E-state index in [0.29, 0.717) is 43.0 Å². The second-order valence-corrected chi connectivity index (χ2v) is 6.72. The van der Waals surface area contributed by atoms with Crippen molar-refractivity contribution in [2.24, 2.45) is 0 Å². The van der Waals surface area contributed by atoms with Crippen LogP contribution in [0.15, 0.2) is 54.7 Å². The van der Waals surface area contributed by atoms with E-state index in [1.807, 2.05) is 0 Å². The van der Waals surface area contributed by atoms with Gasteiger partial charge in [0, 0.05) is 49.6 Å². The van der Waals surface area contributed by atoms with E-state index in [4.69, 9.17) is 0 Å². The Morgan fingerprint density at radius 3 is 2.31 bits per heavy atom. The van der Waals surface area contributed by atoms with Gasteiger partial charge in [-0.05, 0) is 36.4 Å². The number of aromatic nitrogens is 2. The van der Waals surface area contributed by atoms with Crippen molar-refractivity contribution in [1.29, 1.82) is 0 Å². The number of carbonyl (C=O) groups excluding carboxylic acids is 1. The first kappa shape index (κ1) is 18.6. The van der Waals surface area contributed by atoms with Crippen LogP contribution in [0.2, 0.25) is 0 Å². The number of amides is 1. The second-order valence-electron chi connectivity index (χ2n) is 6.72. The van der Waals surface area contributed by atoms with Crippen molar-refractivity contribution in [3.8, 4) is 11.3 Å². The fraction of sp³-hybridized carbons (Fsp3) is 0.200. The monoisotopic (exact) mass is 395 g/mol. The summed E-state index contributed by atoms with van der Waals surface area (Å²) < 4.78 is 13.1. The Morgan fingerprint density at radius 2 is 1.69 bits per heavy atom. The van der Waals surface area contributed by atoms with Gasteiger partial charge < -0.3 is 9.80 Å². The Balaban J connectivity index is 1.46. The first-order chi connectivity index (χ1) is 14.0. The van der Waals surface area contributed by atoms with Crippen LogP contribution in [0.5, 0.6) is 0 Å². The van der Waals surface area contributed by atoms with Crippen LogP contribution in [-0.4, -0.2) is 52.1 Å². The molecule has 0 unspecified atom stereocenters. The van der Waals surface area contributed by atoms with Gasteiger partial charge in [0.1, 0.15) is 5.82 Å². The molecule has 29 heavy (non-hydrogen) atoms. The van der Waals surface area contributed by atoms with Gasteiger partial charge in [-0.2, -0.15) is 5.10 Å².